The fraction of sp³-hybridized carbons (Fsp3) is 0.179. The summed E-state index contributed by atoms with van der Waals surface area (Å²) in [5, 5.41) is 2.96. The fourth-order valence-electron chi connectivity index (χ4n) is 4.52. The Hall–Kier alpha value is -4.23. The lowest BCUT2D eigenvalue weighted by molar-refractivity contribution is 0.464. The highest BCUT2D eigenvalue weighted by Crippen LogP contribution is 2.47. The van der Waals surface area contributed by atoms with Gasteiger partial charge in [0, 0.05) is 31.3 Å². The number of anilines is 2. The number of nitrogens with two attached hydrogens (primary N) is 1. The smallest absolute Gasteiger partial charge is 0.228 e. The number of rotatable bonds is 6. The van der Waals surface area contributed by atoms with Crippen LogP contribution in [-0.4, -0.2) is 22.0 Å². The van der Waals surface area contributed by atoms with Crippen LogP contribution < -0.4 is 20.7 Å². The van der Waals surface area contributed by atoms with Gasteiger partial charge < -0.3 is 20.7 Å². The Morgan fingerprint density at radius 1 is 0.914 bits per heavy atom. The first-order valence-corrected chi connectivity index (χ1v) is 11.8. The predicted molar refractivity (Wildman–Crippen MR) is 138 cm³/mol. The van der Waals surface area contributed by atoms with Crippen LogP contribution in [0.1, 0.15) is 30.1 Å². The first kappa shape index (κ1) is 21.3. The number of pyridine rings is 1. The lowest BCUT2D eigenvalue weighted by Gasteiger charge is -2.35. The van der Waals surface area contributed by atoms with E-state index in [0.29, 0.717) is 23.5 Å². The highest BCUT2D eigenvalue weighted by Gasteiger charge is 2.33. The van der Waals surface area contributed by atoms with Crippen LogP contribution in [-0.2, 0) is 0 Å². The molecule has 1 atom stereocenters. The van der Waals surface area contributed by atoms with Gasteiger partial charge in [0.15, 0.2) is 0 Å². The molecule has 0 bridgehead atoms. The summed E-state index contributed by atoms with van der Waals surface area (Å²) < 4.78 is 6.18. The molecular weight excluding hydrogens is 436 g/mol. The van der Waals surface area contributed by atoms with Crippen LogP contribution in [0.4, 0.5) is 11.6 Å². The fourth-order valence-corrected chi connectivity index (χ4v) is 4.52. The van der Waals surface area contributed by atoms with Gasteiger partial charge in [-0.1, -0.05) is 24.3 Å². The van der Waals surface area contributed by atoms with E-state index in [9.17, 15) is 0 Å². The van der Waals surface area contributed by atoms with Gasteiger partial charge in [0.25, 0.3) is 0 Å². The number of hydrogen-bond donors (Lipinski definition) is 2. The number of fused-ring (bicyclic) bond motifs is 1. The third kappa shape index (κ3) is 4.11. The van der Waals surface area contributed by atoms with Crippen LogP contribution in [0, 0.1) is 5.92 Å². The predicted octanol–water partition coefficient (Wildman–Crippen LogP) is 5.60. The van der Waals surface area contributed by atoms with Gasteiger partial charge in [-0.05, 0) is 77.9 Å². The zero-order chi connectivity index (χ0) is 23.8. The number of nitrogens with one attached hydrogen (secondary N) is 1. The molecule has 3 heterocycles. The van der Waals surface area contributed by atoms with E-state index in [-0.39, 0.29) is 6.17 Å². The number of aromatic nitrogens is 3. The van der Waals surface area contributed by atoms with E-state index in [2.05, 4.69) is 55.6 Å². The van der Waals surface area contributed by atoms with Crippen LogP contribution in [0.3, 0.4) is 0 Å². The van der Waals surface area contributed by atoms with Gasteiger partial charge in [-0.15, -0.1) is 0 Å². The maximum atomic E-state index is 6.70. The molecule has 174 valence electrons. The lowest BCUT2D eigenvalue weighted by atomic mass is 9.91. The molecule has 7 nitrogen and oxygen atoms in total. The van der Waals surface area contributed by atoms with Crippen molar-refractivity contribution < 1.29 is 4.74 Å². The Labute approximate surface area is 204 Å². The largest absolute Gasteiger partial charge is 0.438 e. The molecule has 0 saturated heterocycles. The van der Waals surface area contributed by atoms with Crippen molar-refractivity contribution >= 4 is 17.2 Å². The SMILES string of the molecule is CNc1nccc(-c2cccnc2Oc2ccc(N3C=C(C4CC4)c4ccccc4C3N)cc2)n1. The Morgan fingerprint density at radius 3 is 2.51 bits per heavy atom. The number of allylic oxidation sites excluding steroid dienone is 1. The Morgan fingerprint density at radius 2 is 1.71 bits per heavy atom. The maximum Gasteiger partial charge on any atom is 0.228 e. The topological polar surface area (TPSA) is 89.2 Å². The highest BCUT2D eigenvalue weighted by atomic mass is 16.5. The summed E-state index contributed by atoms with van der Waals surface area (Å²) in [6.45, 7) is 0. The van der Waals surface area contributed by atoms with Crippen molar-refractivity contribution in [3.63, 3.8) is 0 Å². The summed E-state index contributed by atoms with van der Waals surface area (Å²) >= 11 is 0. The summed E-state index contributed by atoms with van der Waals surface area (Å²) in [5.74, 6) is 2.34. The molecule has 0 amide bonds. The normalized spacial score (nSPS) is 16.9. The standard InChI is InChI=1S/C28H26N6O/c1-30-28-32-16-14-25(33-28)23-7-4-15-31-27(23)35-20-12-10-19(11-13-20)34-17-24(18-8-9-18)21-5-2-3-6-22(21)26(34)29/h2-7,10-18,26H,8-9,29H2,1H3,(H,30,32,33). The van der Waals surface area contributed by atoms with E-state index in [1.807, 2.05) is 42.5 Å². The van der Waals surface area contributed by atoms with Crippen molar-refractivity contribution in [1.29, 1.82) is 0 Å². The molecule has 2 aromatic heterocycles. The van der Waals surface area contributed by atoms with E-state index >= 15 is 0 Å². The Kier molecular flexibility index (Phi) is 5.39. The zero-order valence-electron chi connectivity index (χ0n) is 19.4. The monoisotopic (exact) mass is 462 g/mol. The van der Waals surface area contributed by atoms with Gasteiger partial charge in [-0.25, -0.2) is 15.0 Å². The average Bonchev–Trinajstić information content (AvgIpc) is 3.76. The molecule has 0 spiro atoms. The van der Waals surface area contributed by atoms with Crippen LogP contribution in [0.2, 0.25) is 0 Å². The van der Waals surface area contributed by atoms with Crippen molar-refractivity contribution in [2.75, 3.05) is 17.3 Å². The molecule has 2 aromatic carbocycles. The van der Waals surface area contributed by atoms with E-state index < -0.39 is 0 Å². The quantitative estimate of drug-likeness (QED) is 0.385. The van der Waals surface area contributed by atoms with Gasteiger partial charge in [-0.2, -0.15) is 0 Å². The van der Waals surface area contributed by atoms with Gasteiger partial charge in [0.1, 0.15) is 11.9 Å². The van der Waals surface area contributed by atoms with E-state index in [4.69, 9.17) is 10.5 Å². The van der Waals surface area contributed by atoms with Crippen molar-refractivity contribution in [3.05, 3.63) is 96.5 Å². The third-order valence-corrected chi connectivity index (χ3v) is 6.46. The molecule has 35 heavy (non-hydrogen) atoms. The minimum absolute atomic E-state index is 0.234. The van der Waals surface area contributed by atoms with Crippen LogP contribution in [0.25, 0.3) is 16.8 Å². The van der Waals surface area contributed by atoms with E-state index in [1.165, 1.54) is 29.5 Å². The minimum Gasteiger partial charge on any atom is -0.438 e. The Bertz CT molecular complexity index is 1400. The maximum absolute atomic E-state index is 6.70. The van der Waals surface area contributed by atoms with E-state index in [1.54, 1.807) is 19.4 Å². The molecule has 4 aromatic rings. The second-order valence-electron chi connectivity index (χ2n) is 8.77. The van der Waals surface area contributed by atoms with Crippen molar-refractivity contribution in [1.82, 2.24) is 15.0 Å². The zero-order valence-corrected chi connectivity index (χ0v) is 19.4. The lowest BCUT2D eigenvalue weighted by Crippen LogP contribution is -2.34. The van der Waals surface area contributed by atoms with Crippen LogP contribution in [0.5, 0.6) is 11.6 Å². The molecule has 1 saturated carbocycles. The summed E-state index contributed by atoms with van der Waals surface area (Å²) in [4.78, 5) is 15.3. The average molecular weight is 463 g/mol. The second kappa shape index (κ2) is 8.85. The van der Waals surface area contributed by atoms with Crippen molar-refractivity contribution in [3.8, 4) is 22.9 Å². The highest BCUT2D eigenvalue weighted by molar-refractivity contribution is 5.78. The number of ether oxygens (including phenoxy) is 1. The summed E-state index contributed by atoms with van der Waals surface area (Å²) in [5.41, 5.74) is 13.1. The number of hydrogen-bond acceptors (Lipinski definition) is 7. The molecule has 1 fully saturated rings. The molecule has 6 rings (SSSR count). The summed E-state index contributed by atoms with van der Waals surface area (Å²) in [7, 11) is 1.79. The van der Waals surface area contributed by atoms with Crippen LogP contribution in [0.15, 0.2) is 85.3 Å². The van der Waals surface area contributed by atoms with E-state index in [0.717, 1.165) is 16.9 Å². The minimum atomic E-state index is -0.234. The molecule has 3 N–H and O–H groups in total. The summed E-state index contributed by atoms with van der Waals surface area (Å²) in [6.07, 6.45) is 7.90. The molecule has 1 aliphatic carbocycles. The van der Waals surface area contributed by atoms with Gasteiger partial charge in [0.05, 0.1) is 11.3 Å². The first-order chi connectivity index (χ1) is 17.2. The number of nitrogens with zero attached hydrogens (tertiary/aromatic N) is 4. The molecule has 1 unspecified atom stereocenters. The molecule has 2 aliphatic rings. The first-order valence-electron chi connectivity index (χ1n) is 11.8. The molecule has 0 radical (unpaired) electrons. The Balaban J connectivity index is 1.28. The van der Waals surface area contributed by atoms with Crippen molar-refractivity contribution in [2.45, 2.75) is 19.0 Å². The molecular formula is C28H26N6O. The second-order valence-corrected chi connectivity index (χ2v) is 8.77. The summed E-state index contributed by atoms with van der Waals surface area (Å²) in [6, 6.07) is 22.1. The van der Waals surface area contributed by atoms with Gasteiger partial charge in [-0.3, -0.25) is 0 Å². The third-order valence-electron chi connectivity index (χ3n) is 6.46. The van der Waals surface area contributed by atoms with Gasteiger partial charge in [0.2, 0.25) is 11.8 Å². The molecule has 7 heteroatoms. The van der Waals surface area contributed by atoms with Crippen molar-refractivity contribution in [2.24, 2.45) is 11.7 Å². The van der Waals surface area contributed by atoms with Crippen LogP contribution >= 0.6 is 0 Å². The number of benzene rings is 2. The molecule has 1 aliphatic heterocycles. The van der Waals surface area contributed by atoms with Gasteiger partial charge >= 0.3 is 0 Å².